The molecule has 6 aromatic rings. The van der Waals surface area contributed by atoms with E-state index in [4.69, 9.17) is 0 Å². The maximum absolute atomic E-state index is 4.47. The molecule has 0 saturated heterocycles. The van der Waals surface area contributed by atoms with E-state index in [0.29, 0.717) is 0 Å². The molecule has 2 heteroatoms. The number of para-hydroxylation sites is 4. The number of rotatable bonds is 10. The van der Waals surface area contributed by atoms with Crippen LogP contribution in [-0.4, -0.2) is 0 Å². The number of fused-ring (bicyclic) bond motifs is 3. The molecule has 0 atom stereocenters. The fraction of sp³-hybridized carbons (Fsp3) is 0.111. The Morgan fingerprint density at radius 2 is 0.723 bits per heavy atom. The summed E-state index contributed by atoms with van der Waals surface area (Å²) in [5.74, 6) is 0. The second-order valence-corrected chi connectivity index (χ2v) is 12.8. The Bertz CT molecular complexity index is 1800. The van der Waals surface area contributed by atoms with Gasteiger partial charge in [-0.3, -0.25) is 0 Å². The smallest absolute Gasteiger partial charge is 0.0465 e. The predicted octanol–water partition coefficient (Wildman–Crippen LogP) is 12.8. The summed E-state index contributed by atoms with van der Waals surface area (Å²) in [5, 5.41) is 0. The molecule has 0 radical (unpaired) electrons. The van der Waals surface area contributed by atoms with Crippen LogP contribution in [0.4, 0.5) is 34.1 Å². The Hall–Kier alpha value is -5.60. The van der Waals surface area contributed by atoms with Crippen molar-refractivity contribution in [2.45, 2.75) is 32.1 Å². The molecular weight excluding hydrogens is 569 g/mol. The molecule has 6 aromatic carbocycles. The largest absolute Gasteiger partial charge is 0.310 e. The summed E-state index contributed by atoms with van der Waals surface area (Å²) in [6, 6.07) is 56.6. The van der Waals surface area contributed by atoms with Crippen molar-refractivity contribution in [3.8, 4) is 11.1 Å². The molecule has 0 fully saturated rings. The highest BCUT2D eigenvalue weighted by molar-refractivity contribution is 5.89. The molecule has 1 aliphatic rings. The van der Waals surface area contributed by atoms with Gasteiger partial charge in [-0.25, -0.2) is 0 Å². The molecule has 0 spiro atoms. The number of hydrogen-bond donors (Lipinski definition) is 0. The van der Waals surface area contributed by atoms with Gasteiger partial charge in [0, 0.05) is 39.5 Å². The summed E-state index contributed by atoms with van der Waals surface area (Å²) < 4.78 is 0. The van der Waals surface area contributed by atoms with Crippen molar-refractivity contribution in [2.24, 2.45) is 0 Å². The number of anilines is 6. The van der Waals surface area contributed by atoms with Crippen molar-refractivity contribution in [3.05, 3.63) is 193 Å². The molecule has 0 heterocycles. The van der Waals surface area contributed by atoms with E-state index in [0.717, 1.165) is 58.1 Å². The Kier molecular flexibility index (Phi) is 8.10. The van der Waals surface area contributed by atoms with E-state index >= 15 is 0 Å². The molecule has 2 nitrogen and oxygen atoms in total. The first-order valence-electron chi connectivity index (χ1n) is 16.3. The Morgan fingerprint density at radius 3 is 1.00 bits per heavy atom. The van der Waals surface area contributed by atoms with Gasteiger partial charge >= 0.3 is 0 Å². The lowest BCUT2D eigenvalue weighted by molar-refractivity contribution is 0.516. The quantitative estimate of drug-likeness (QED) is 0.143. The van der Waals surface area contributed by atoms with E-state index in [1.54, 1.807) is 0 Å². The highest BCUT2D eigenvalue weighted by Gasteiger charge is 2.44. The lowest BCUT2D eigenvalue weighted by Gasteiger charge is -2.35. The molecule has 0 aliphatic heterocycles. The molecule has 0 aromatic heterocycles. The molecule has 0 N–H and O–H groups in total. The second-order valence-electron chi connectivity index (χ2n) is 12.8. The van der Waals surface area contributed by atoms with Gasteiger partial charge in [0.25, 0.3) is 0 Å². The van der Waals surface area contributed by atoms with Crippen LogP contribution in [0.15, 0.2) is 182 Å². The maximum atomic E-state index is 4.47. The number of benzene rings is 6. The number of nitrogens with zero attached hydrogens (tertiary/aromatic N) is 2. The highest BCUT2D eigenvalue weighted by atomic mass is 15.1. The molecule has 47 heavy (non-hydrogen) atoms. The lowest BCUT2D eigenvalue weighted by Crippen LogP contribution is -2.27. The Balaban J connectivity index is 1.45. The van der Waals surface area contributed by atoms with Crippen LogP contribution in [0.1, 0.15) is 37.8 Å². The first-order chi connectivity index (χ1) is 22.9. The van der Waals surface area contributed by atoms with Gasteiger partial charge in [-0.15, -0.1) is 13.2 Å². The van der Waals surface area contributed by atoms with Gasteiger partial charge in [0.1, 0.15) is 0 Å². The van der Waals surface area contributed by atoms with Crippen LogP contribution in [0.25, 0.3) is 11.1 Å². The highest BCUT2D eigenvalue weighted by Crippen LogP contribution is 2.57. The van der Waals surface area contributed by atoms with Crippen LogP contribution in [0, 0.1) is 0 Å². The minimum absolute atomic E-state index is 0.313. The van der Waals surface area contributed by atoms with Crippen molar-refractivity contribution in [2.75, 3.05) is 9.80 Å². The van der Waals surface area contributed by atoms with E-state index < -0.39 is 0 Å². The van der Waals surface area contributed by atoms with Crippen LogP contribution in [0.5, 0.6) is 0 Å². The van der Waals surface area contributed by atoms with Crippen molar-refractivity contribution in [1.29, 1.82) is 0 Å². The van der Waals surface area contributed by atoms with E-state index in [-0.39, 0.29) is 5.41 Å². The van der Waals surface area contributed by atoms with Gasteiger partial charge in [-0.1, -0.05) is 96.1 Å². The van der Waals surface area contributed by atoms with E-state index in [1.165, 1.54) is 22.3 Å². The summed E-state index contributed by atoms with van der Waals surface area (Å²) in [6.45, 7) is 13.3. The number of allylic oxidation sites excluding steroid dienone is 2. The standard InChI is InChI=1S/C45H40N2/c1-33(2)31-45(32-34(3)4)43-29-39(46(35-17-9-5-10-18-35)36-19-11-6-12-20-36)25-27-41(43)42-28-26-40(30-44(42)45)47(37-21-13-7-14-22-37)38-23-15-8-16-24-38/h5-30H,1,3,31-32H2,2,4H3. The van der Waals surface area contributed by atoms with Gasteiger partial charge in [0.15, 0.2) is 0 Å². The molecule has 0 bridgehead atoms. The van der Waals surface area contributed by atoms with E-state index in [1.807, 2.05) is 0 Å². The lowest BCUT2D eigenvalue weighted by atomic mass is 9.69. The van der Waals surface area contributed by atoms with E-state index in [9.17, 15) is 0 Å². The van der Waals surface area contributed by atoms with Gasteiger partial charge in [-0.05, 0) is 122 Å². The number of hydrogen-bond acceptors (Lipinski definition) is 2. The van der Waals surface area contributed by atoms with Gasteiger partial charge < -0.3 is 9.80 Å². The van der Waals surface area contributed by atoms with Crippen molar-refractivity contribution < 1.29 is 0 Å². The molecule has 1 aliphatic carbocycles. The molecule has 0 amide bonds. The van der Waals surface area contributed by atoms with Crippen LogP contribution in [0.3, 0.4) is 0 Å². The zero-order valence-electron chi connectivity index (χ0n) is 27.2. The van der Waals surface area contributed by atoms with Gasteiger partial charge in [0.2, 0.25) is 0 Å². The fourth-order valence-corrected chi connectivity index (χ4v) is 7.43. The first-order valence-corrected chi connectivity index (χ1v) is 16.3. The third-order valence-electron chi connectivity index (χ3n) is 9.11. The first kappa shape index (κ1) is 30.1. The normalized spacial score (nSPS) is 12.6. The third kappa shape index (κ3) is 5.68. The Labute approximate surface area is 279 Å². The summed E-state index contributed by atoms with van der Waals surface area (Å²) in [6.07, 6.45) is 1.67. The van der Waals surface area contributed by atoms with E-state index in [2.05, 4.69) is 195 Å². The van der Waals surface area contributed by atoms with Gasteiger partial charge in [-0.2, -0.15) is 0 Å². The summed E-state index contributed by atoms with van der Waals surface area (Å²) in [5.41, 5.74) is 14.0. The monoisotopic (exact) mass is 608 g/mol. The van der Waals surface area contributed by atoms with Crippen molar-refractivity contribution >= 4 is 34.1 Å². The average molecular weight is 609 g/mol. The summed E-state index contributed by atoms with van der Waals surface area (Å²) in [4.78, 5) is 4.71. The average Bonchev–Trinajstić information content (AvgIpc) is 3.34. The zero-order valence-corrected chi connectivity index (χ0v) is 27.2. The van der Waals surface area contributed by atoms with Crippen LogP contribution in [-0.2, 0) is 5.41 Å². The van der Waals surface area contributed by atoms with Crippen molar-refractivity contribution in [3.63, 3.8) is 0 Å². The Morgan fingerprint density at radius 1 is 0.426 bits per heavy atom. The fourth-order valence-electron chi connectivity index (χ4n) is 7.43. The van der Waals surface area contributed by atoms with Gasteiger partial charge in [0.05, 0.1) is 0 Å². The minimum atomic E-state index is -0.313. The second kappa shape index (κ2) is 12.7. The molecule has 0 unspecified atom stereocenters. The molecule has 0 saturated carbocycles. The van der Waals surface area contributed by atoms with Crippen LogP contribution >= 0.6 is 0 Å². The summed E-state index contributed by atoms with van der Waals surface area (Å²) >= 11 is 0. The van der Waals surface area contributed by atoms with Crippen LogP contribution < -0.4 is 9.80 Å². The SMILES string of the molecule is C=C(C)CC1(CC(=C)C)c2cc(N(c3ccccc3)c3ccccc3)ccc2-c2ccc(N(c3ccccc3)c3ccccc3)cc21. The minimum Gasteiger partial charge on any atom is -0.310 e. The topological polar surface area (TPSA) is 6.48 Å². The van der Waals surface area contributed by atoms with Crippen LogP contribution in [0.2, 0.25) is 0 Å². The maximum Gasteiger partial charge on any atom is 0.0465 e. The zero-order chi connectivity index (χ0) is 32.4. The third-order valence-corrected chi connectivity index (χ3v) is 9.11. The molecular formula is C45H40N2. The predicted molar refractivity (Wildman–Crippen MR) is 201 cm³/mol. The van der Waals surface area contributed by atoms with Crippen molar-refractivity contribution in [1.82, 2.24) is 0 Å². The summed E-state index contributed by atoms with van der Waals surface area (Å²) in [7, 11) is 0. The molecule has 230 valence electrons. The molecule has 7 rings (SSSR count).